The summed E-state index contributed by atoms with van der Waals surface area (Å²) in [7, 11) is -1.45. The summed E-state index contributed by atoms with van der Waals surface area (Å²) in [4.78, 5) is 11.2. The normalized spacial score (nSPS) is 29.1. The molecule has 0 aromatic rings. The molecule has 1 aliphatic carbocycles. The lowest BCUT2D eigenvalue weighted by molar-refractivity contribution is -0.219. The van der Waals surface area contributed by atoms with Gasteiger partial charge >= 0.3 is 0 Å². The van der Waals surface area contributed by atoms with Gasteiger partial charge in [-0.1, -0.05) is 0 Å². The molecule has 0 bridgehead atoms. The molecule has 2 aliphatic rings. The quantitative estimate of drug-likeness (QED) is 0.738. The van der Waals surface area contributed by atoms with Gasteiger partial charge in [0.05, 0.1) is 16.8 Å². The molecule has 0 amide bonds. The summed E-state index contributed by atoms with van der Waals surface area (Å²) >= 11 is 0. The minimum absolute atomic E-state index is 0.0322. The van der Waals surface area contributed by atoms with E-state index in [1.165, 1.54) is 4.31 Å². The molecule has 104 valence electrons. The van der Waals surface area contributed by atoms with E-state index in [0.29, 0.717) is 0 Å². The van der Waals surface area contributed by atoms with Gasteiger partial charge in [0.15, 0.2) is 0 Å². The van der Waals surface area contributed by atoms with Crippen LogP contribution in [-0.4, -0.2) is 37.1 Å². The van der Waals surface area contributed by atoms with Crippen LogP contribution in [0.1, 0.15) is 46.5 Å². The Morgan fingerprint density at radius 2 is 1.72 bits per heavy atom. The van der Waals surface area contributed by atoms with Crippen LogP contribution in [0.4, 0.5) is 8.78 Å². The highest BCUT2D eigenvalue weighted by Gasteiger charge is 2.69. The van der Waals surface area contributed by atoms with Gasteiger partial charge in [0.1, 0.15) is 16.8 Å². The molecule has 0 radical (unpaired) electrons. The number of carbonyl (C=O) groups excluding carboxylic acids is 1. The van der Waals surface area contributed by atoms with E-state index in [4.69, 9.17) is 0 Å². The highest BCUT2D eigenvalue weighted by molar-refractivity contribution is 7.84. The second kappa shape index (κ2) is 4.07. The van der Waals surface area contributed by atoms with Gasteiger partial charge in [-0.2, -0.15) is 0 Å². The Labute approximate surface area is 109 Å². The Bertz CT molecular complexity index is 393. The molecule has 1 saturated carbocycles. The van der Waals surface area contributed by atoms with Crippen LogP contribution in [0, 0.1) is 0 Å². The smallest absolute Gasteiger partial charge is 0.280 e. The highest BCUT2D eigenvalue weighted by Crippen LogP contribution is 2.53. The number of Topliss-reactive ketones (excluding diaryl/α,β-unsaturated/α-hetero) is 1. The van der Waals surface area contributed by atoms with Gasteiger partial charge in [-0.05, 0) is 33.6 Å². The van der Waals surface area contributed by atoms with Crippen LogP contribution in [0.3, 0.4) is 0 Å². The second-order valence-electron chi connectivity index (χ2n) is 6.17. The molecule has 1 unspecified atom stereocenters. The molecule has 2 fully saturated rings. The van der Waals surface area contributed by atoms with E-state index in [9.17, 15) is 17.8 Å². The number of hydrogen-bond donors (Lipinski definition) is 0. The number of carbonyl (C=O) groups is 1. The summed E-state index contributed by atoms with van der Waals surface area (Å²) in [5.41, 5.74) is -1.35. The maximum Gasteiger partial charge on any atom is 0.280 e. The third kappa shape index (κ3) is 1.93. The molecule has 0 aromatic heterocycles. The number of halogens is 2. The zero-order valence-corrected chi connectivity index (χ0v) is 11.8. The van der Waals surface area contributed by atoms with Gasteiger partial charge in [0.25, 0.3) is 5.92 Å². The summed E-state index contributed by atoms with van der Waals surface area (Å²) < 4.78 is 41.0. The lowest BCUT2D eigenvalue weighted by atomic mass is 9.71. The standard InChI is InChI=1S/C12H19F2NO2S/c1-10(2,3)18(17)15-8-12(13,14)11(15)6-4-9(16)5-7-11/h4-8H2,1-3H3. The van der Waals surface area contributed by atoms with Gasteiger partial charge in [0, 0.05) is 12.8 Å². The SMILES string of the molecule is CC(C)(C)S(=O)N1CC(F)(F)C12CCC(=O)CC2. The first-order valence-electron chi connectivity index (χ1n) is 6.19. The van der Waals surface area contributed by atoms with Crippen molar-refractivity contribution in [3.05, 3.63) is 0 Å². The lowest BCUT2D eigenvalue weighted by Crippen LogP contribution is -2.77. The van der Waals surface area contributed by atoms with Crippen LogP contribution in [0.2, 0.25) is 0 Å². The lowest BCUT2D eigenvalue weighted by Gasteiger charge is -2.59. The number of nitrogens with zero attached hydrogens (tertiary/aromatic N) is 1. The first-order chi connectivity index (χ1) is 8.10. The largest absolute Gasteiger partial charge is 0.300 e. The first kappa shape index (κ1) is 14.1. The Hall–Kier alpha value is -0.360. The molecule has 0 N–H and O–H groups in total. The molecule has 18 heavy (non-hydrogen) atoms. The van der Waals surface area contributed by atoms with Crippen molar-refractivity contribution in [1.29, 1.82) is 0 Å². The van der Waals surface area contributed by atoms with Crippen molar-refractivity contribution in [2.45, 2.75) is 62.7 Å². The molecular weight excluding hydrogens is 260 g/mol. The van der Waals surface area contributed by atoms with E-state index in [-0.39, 0.29) is 31.5 Å². The molecule has 1 aliphatic heterocycles. The van der Waals surface area contributed by atoms with Gasteiger partial charge in [-0.3, -0.25) is 4.79 Å². The predicted molar refractivity (Wildman–Crippen MR) is 65.8 cm³/mol. The molecule has 1 atom stereocenters. The van der Waals surface area contributed by atoms with Crippen molar-refractivity contribution in [3.63, 3.8) is 0 Å². The molecule has 2 rings (SSSR count). The molecule has 1 saturated heterocycles. The summed E-state index contributed by atoms with van der Waals surface area (Å²) in [5.74, 6) is -2.79. The molecular formula is C12H19F2NO2S. The van der Waals surface area contributed by atoms with Gasteiger partial charge < -0.3 is 0 Å². The zero-order valence-electron chi connectivity index (χ0n) is 11.0. The summed E-state index contributed by atoms with van der Waals surface area (Å²) in [6.45, 7) is 4.88. The Morgan fingerprint density at radius 3 is 2.11 bits per heavy atom. The van der Waals surface area contributed by atoms with E-state index in [0.717, 1.165) is 0 Å². The Kier molecular flexibility index (Phi) is 3.18. The van der Waals surface area contributed by atoms with Gasteiger partial charge in [-0.25, -0.2) is 17.3 Å². The van der Waals surface area contributed by atoms with Crippen molar-refractivity contribution < 1.29 is 17.8 Å². The van der Waals surface area contributed by atoms with Crippen LogP contribution in [0.25, 0.3) is 0 Å². The van der Waals surface area contributed by atoms with E-state index >= 15 is 0 Å². The summed E-state index contributed by atoms with van der Waals surface area (Å²) in [5, 5.41) is 0. The van der Waals surface area contributed by atoms with Crippen LogP contribution in [-0.2, 0) is 15.8 Å². The average Bonchev–Trinajstić information content (AvgIpc) is 2.25. The monoisotopic (exact) mass is 279 g/mol. The van der Waals surface area contributed by atoms with Gasteiger partial charge in [0.2, 0.25) is 0 Å². The maximum absolute atomic E-state index is 13.9. The van der Waals surface area contributed by atoms with Crippen molar-refractivity contribution in [1.82, 2.24) is 4.31 Å². The van der Waals surface area contributed by atoms with Crippen LogP contribution in [0.5, 0.6) is 0 Å². The van der Waals surface area contributed by atoms with E-state index in [1.807, 2.05) is 0 Å². The Morgan fingerprint density at radius 1 is 1.22 bits per heavy atom. The number of alkyl halides is 2. The zero-order chi connectivity index (χ0) is 13.8. The maximum atomic E-state index is 13.9. The number of ketones is 1. The van der Waals surface area contributed by atoms with Crippen molar-refractivity contribution in [2.75, 3.05) is 6.54 Å². The fourth-order valence-electron chi connectivity index (χ4n) is 2.68. The first-order valence-corrected chi connectivity index (χ1v) is 7.30. The number of rotatable bonds is 1. The molecule has 3 nitrogen and oxygen atoms in total. The van der Waals surface area contributed by atoms with E-state index < -0.39 is 33.7 Å². The molecule has 1 heterocycles. The third-order valence-electron chi connectivity index (χ3n) is 3.86. The average molecular weight is 279 g/mol. The van der Waals surface area contributed by atoms with Crippen molar-refractivity contribution in [2.24, 2.45) is 0 Å². The van der Waals surface area contributed by atoms with Gasteiger partial charge in [-0.15, -0.1) is 0 Å². The summed E-state index contributed by atoms with van der Waals surface area (Å²) in [6, 6.07) is 0. The van der Waals surface area contributed by atoms with Crippen molar-refractivity contribution in [3.8, 4) is 0 Å². The molecule has 1 spiro atoms. The minimum Gasteiger partial charge on any atom is -0.300 e. The fourth-order valence-corrected chi connectivity index (χ4v) is 4.25. The highest BCUT2D eigenvalue weighted by atomic mass is 32.2. The molecule has 0 aromatic carbocycles. The van der Waals surface area contributed by atoms with Crippen LogP contribution < -0.4 is 0 Å². The second-order valence-corrected chi connectivity index (χ2v) is 8.34. The van der Waals surface area contributed by atoms with E-state index in [2.05, 4.69) is 0 Å². The third-order valence-corrected chi connectivity index (χ3v) is 5.79. The predicted octanol–water partition coefficient (Wildman–Crippen LogP) is 2.28. The van der Waals surface area contributed by atoms with Crippen molar-refractivity contribution >= 4 is 16.8 Å². The minimum atomic E-state index is -2.82. The van der Waals surface area contributed by atoms with Crippen LogP contribution >= 0.6 is 0 Å². The van der Waals surface area contributed by atoms with Crippen LogP contribution in [0.15, 0.2) is 0 Å². The Balaban J connectivity index is 2.25. The summed E-state index contributed by atoms with van der Waals surface area (Å²) in [6.07, 6.45) is 0.599. The topological polar surface area (TPSA) is 37.4 Å². The fraction of sp³-hybridized carbons (Fsp3) is 0.917. The number of hydrogen-bond acceptors (Lipinski definition) is 2. The van der Waals surface area contributed by atoms with E-state index in [1.54, 1.807) is 20.8 Å². The molecule has 6 heteroatoms.